The fraction of sp³-hybridized carbons (Fsp3) is 0.615. The van der Waals surface area contributed by atoms with Gasteiger partial charge in [0.25, 0.3) is 0 Å². The van der Waals surface area contributed by atoms with Crippen molar-refractivity contribution in [2.75, 3.05) is 19.7 Å². The third-order valence-electron chi connectivity index (χ3n) is 3.70. The lowest BCUT2D eigenvalue weighted by atomic mass is 9.96. The first-order chi connectivity index (χ1) is 8.61. The summed E-state index contributed by atoms with van der Waals surface area (Å²) in [7, 11) is 0. The van der Waals surface area contributed by atoms with E-state index in [1.165, 1.54) is 6.07 Å². The van der Waals surface area contributed by atoms with Crippen LogP contribution in [-0.2, 0) is 0 Å². The van der Waals surface area contributed by atoms with Crippen LogP contribution in [0.2, 0.25) is 0 Å². The molecule has 0 spiro atoms. The minimum atomic E-state index is -1.03. The van der Waals surface area contributed by atoms with Crippen LogP contribution in [0.25, 0.3) is 0 Å². The maximum absolute atomic E-state index is 10.8. The third kappa shape index (κ3) is 2.73. The van der Waals surface area contributed by atoms with Gasteiger partial charge < -0.3 is 14.6 Å². The van der Waals surface area contributed by atoms with Gasteiger partial charge >= 0.3 is 5.97 Å². The molecule has 0 radical (unpaired) electrons. The molecule has 0 aromatic carbocycles. The molecule has 100 valence electrons. The minimum absolute atomic E-state index is 0.0119. The van der Waals surface area contributed by atoms with Crippen molar-refractivity contribution in [3.63, 3.8) is 0 Å². The van der Waals surface area contributed by atoms with E-state index in [-0.39, 0.29) is 18.4 Å². The van der Waals surface area contributed by atoms with Gasteiger partial charge in [-0.25, -0.2) is 4.79 Å². The number of rotatable bonds is 4. The Kier molecular flexibility index (Phi) is 4.04. The zero-order valence-electron chi connectivity index (χ0n) is 10.5. The lowest BCUT2D eigenvalue weighted by Gasteiger charge is -2.34. The van der Waals surface area contributed by atoms with Crippen molar-refractivity contribution in [1.82, 2.24) is 4.90 Å². The summed E-state index contributed by atoms with van der Waals surface area (Å²) in [6.45, 7) is 4.10. The van der Waals surface area contributed by atoms with Gasteiger partial charge in [0.05, 0.1) is 6.04 Å². The number of nitrogens with zero attached hydrogens (tertiary/aromatic N) is 1. The average Bonchev–Trinajstić information content (AvgIpc) is 2.88. The molecule has 0 aliphatic carbocycles. The Morgan fingerprint density at radius 3 is 2.67 bits per heavy atom. The molecular formula is C13H19NO4. The highest BCUT2D eigenvalue weighted by Crippen LogP contribution is 2.27. The maximum atomic E-state index is 10.8. The molecule has 1 aromatic heterocycles. The molecule has 1 unspecified atom stereocenters. The summed E-state index contributed by atoms with van der Waals surface area (Å²) in [5, 5.41) is 17.9. The lowest BCUT2D eigenvalue weighted by Crippen LogP contribution is -2.36. The monoisotopic (exact) mass is 253 g/mol. The molecule has 1 aliphatic heterocycles. The van der Waals surface area contributed by atoms with Crippen molar-refractivity contribution in [3.05, 3.63) is 23.7 Å². The second-order valence-electron chi connectivity index (χ2n) is 4.85. The summed E-state index contributed by atoms with van der Waals surface area (Å²) in [4.78, 5) is 13.0. The molecule has 2 N–H and O–H groups in total. The Morgan fingerprint density at radius 1 is 1.50 bits per heavy atom. The van der Waals surface area contributed by atoms with Crippen LogP contribution in [0.1, 0.15) is 42.1 Å². The number of hydrogen-bond donors (Lipinski definition) is 2. The van der Waals surface area contributed by atoms with Gasteiger partial charge in [0.15, 0.2) is 0 Å². The molecule has 2 heterocycles. The highest BCUT2D eigenvalue weighted by Gasteiger charge is 2.25. The summed E-state index contributed by atoms with van der Waals surface area (Å²) in [5.41, 5.74) is 0. The second-order valence-corrected chi connectivity index (χ2v) is 4.85. The number of carbonyl (C=O) groups is 1. The van der Waals surface area contributed by atoms with Crippen molar-refractivity contribution in [2.24, 2.45) is 5.92 Å². The Hall–Kier alpha value is -1.33. The van der Waals surface area contributed by atoms with Crippen molar-refractivity contribution in [1.29, 1.82) is 0 Å². The Bertz CT molecular complexity index is 407. The third-order valence-corrected chi connectivity index (χ3v) is 3.70. The van der Waals surface area contributed by atoms with Crippen LogP contribution in [0.15, 0.2) is 16.5 Å². The van der Waals surface area contributed by atoms with Gasteiger partial charge in [-0.15, -0.1) is 0 Å². The van der Waals surface area contributed by atoms with E-state index in [0.29, 0.717) is 11.7 Å². The van der Waals surface area contributed by atoms with E-state index in [0.717, 1.165) is 25.9 Å². The normalized spacial score (nSPS) is 19.9. The zero-order valence-corrected chi connectivity index (χ0v) is 10.5. The first-order valence-corrected chi connectivity index (χ1v) is 6.29. The summed E-state index contributed by atoms with van der Waals surface area (Å²) < 4.78 is 5.32. The maximum Gasteiger partial charge on any atom is 0.371 e. The average molecular weight is 253 g/mol. The summed E-state index contributed by atoms with van der Waals surface area (Å²) >= 11 is 0. The van der Waals surface area contributed by atoms with Gasteiger partial charge in [-0.1, -0.05) is 0 Å². The summed E-state index contributed by atoms with van der Waals surface area (Å²) in [6.07, 6.45) is 1.96. The molecule has 5 heteroatoms. The molecule has 1 aromatic rings. The Balaban J connectivity index is 1.98. The predicted molar refractivity (Wildman–Crippen MR) is 65.5 cm³/mol. The summed E-state index contributed by atoms with van der Waals surface area (Å²) in [6, 6.07) is 3.30. The van der Waals surface area contributed by atoms with E-state index in [9.17, 15) is 4.79 Å². The van der Waals surface area contributed by atoms with E-state index in [4.69, 9.17) is 14.6 Å². The fourth-order valence-corrected chi connectivity index (χ4v) is 2.40. The van der Waals surface area contributed by atoms with Crippen molar-refractivity contribution in [3.8, 4) is 0 Å². The number of carboxylic acid groups (broad SMARTS) is 1. The van der Waals surface area contributed by atoms with Gasteiger partial charge in [-0.05, 0) is 50.9 Å². The van der Waals surface area contributed by atoms with E-state index >= 15 is 0 Å². The molecule has 5 nitrogen and oxygen atoms in total. The quantitative estimate of drug-likeness (QED) is 0.855. The van der Waals surface area contributed by atoms with E-state index < -0.39 is 5.97 Å². The van der Waals surface area contributed by atoms with Gasteiger partial charge in [0.2, 0.25) is 5.76 Å². The number of furan rings is 1. The molecule has 1 fully saturated rings. The first-order valence-electron chi connectivity index (χ1n) is 6.29. The highest BCUT2D eigenvalue weighted by atomic mass is 16.4. The van der Waals surface area contributed by atoms with Crippen LogP contribution in [0, 0.1) is 5.92 Å². The number of aromatic carboxylic acids is 1. The number of hydrogen-bond acceptors (Lipinski definition) is 4. The molecule has 0 saturated carbocycles. The molecule has 18 heavy (non-hydrogen) atoms. The van der Waals surface area contributed by atoms with Gasteiger partial charge in [-0.2, -0.15) is 0 Å². The molecule has 1 atom stereocenters. The highest BCUT2D eigenvalue weighted by molar-refractivity contribution is 5.84. The van der Waals surface area contributed by atoms with E-state index in [1.807, 2.05) is 6.92 Å². The molecular weight excluding hydrogens is 234 g/mol. The topological polar surface area (TPSA) is 73.9 Å². The van der Waals surface area contributed by atoms with Crippen molar-refractivity contribution < 1.29 is 19.4 Å². The van der Waals surface area contributed by atoms with Crippen LogP contribution in [0.4, 0.5) is 0 Å². The van der Waals surface area contributed by atoms with Crippen LogP contribution >= 0.6 is 0 Å². The largest absolute Gasteiger partial charge is 0.475 e. The number of likely N-dealkylation sites (tertiary alicyclic amines) is 1. The number of piperidine rings is 1. The van der Waals surface area contributed by atoms with Crippen LogP contribution in [0.5, 0.6) is 0 Å². The van der Waals surface area contributed by atoms with Crippen LogP contribution in [0.3, 0.4) is 0 Å². The molecule has 1 aliphatic rings. The van der Waals surface area contributed by atoms with Crippen molar-refractivity contribution in [2.45, 2.75) is 25.8 Å². The Labute approximate surface area is 106 Å². The number of aliphatic hydroxyl groups excluding tert-OH is 1. The smallest absolute Gasteiger partial charge is 0.371 e. The fourth-order valence-electron chi connectivity index (χ4n) is 2.40. The van der Waals surface area contributed by atoms with Gasteiger partial charge in [0.1, 0.15) is 5.76 Å². The van der Waals surface area contributed by atoms with E-state index in [1.54, 1.807) is 6.07 Å². The molecule has 1 saturated heterocycles. The first kappa shape index (κ1) is 13.1. The Morgan fingerprint density at radius 2 is 2.17 bits per heavy atom. The molecule has 2 rings (SSSR count). The van der Waals surface area contributed by atoms with E-state index in [2.05, 4.69) is 4.90 Å². The summed E-state index contributed by atoms with van der Waals surface area (Å²) in [5.74, 6) is 0.0454. The minimum Gasteiger partial charge on any atom is -0.475 e. The van der Waals surface area contributed by atoms with Crippen molar-refractivity contribution >= 4 is 5.97 Å². The number of carboxylic acids is 1. The molecule has 0 amide bonds. The van der Waals surface area contributed by atoms with Crippen LogP contribution in [-0.4, -0.2) is 40.8 Å². The van der Waals surface area contributed by atoms with Gasteiger partial charge in [-0.3, -0.25) is 4.90 Å². The zero-order chi connectivity index (χ0) is 13.1. The van der Waals surface area contributed by atoms with Gasteiger partial charge in [0, 0.05) is 6.61 Å². The molecule has 0 bridgehead atoms. The van der Waals surface area contributed by atoms with Crippen LogP contribution < -0.4 is 0 Å². The predicted octanol–water partition coefficient (Wildman–Crippen LogP) is 1.74. The lowest BCUT2D eigenvalue weighted by molar-refractivity contribution is 0.0648. The SMILES string of the molecule is CC(c1ccc(C(=O)O)o1)N1CCC(CO)CC1. The standard InChI is InChI=1S/C13H19NO4/c1-9(11-2-3-12(18-11)13(16)17)14-6-4-10(8-15)5-7-14/h2-3,9-10,15H,4-8H2,1H3,(H,16,17). The number of aliphatic hydroxyl groups is 1. The second kappa shape index (κ2) is 5.54.